The lowest BCUT2D eigenvalue weighted by atomic mass is 9.77. The topological polar surface area (TPSA) is 127 Å². The molecule has 0 radical (unpaired) electrons. The van der Waals surface area contributed by atoms with Gasteiger partial charge in [0.05, 0.1) is 28.9 Å². The quantitative estimate of drug-likeness (QED) is 0.383. The number of hydrogen-bond donors (Lipinski definition) is 2. The van der Waals surface area contributed by atoms with Crippen LogP contribution in [0.1, 0.15) is 30.5 Å². The molecule has 2 N–H and O–H groups in total. The van der Waals surface area contributed by atoms with E-state index >= 15 is 0 Å². The van der Waals surface area contributed by atoms with Crippen molar-refractivity contribution in [1.29, 1.82) is 10.5 Å². The average molecular weight is 526 g/mol. The van der Waals surface area contributed by atoms with Gasteiger partial charge in [-0.05, 0) is 49.2 Å². The second-order valence-corrected chi connectivity index (χ2v) is 7.80. The van der Waals surface area contributed by atoms with E-state index in [1.165, 1.54) is 44.2 Å². The van der Waals surface area contributed by atoms with Gasteiger partial charge in [0, 0.05) is 5.02 Å². The highest BCUT2D eigenvalue weighted by molar-refractivity contribution is 6.46. The fraction of sp³-hybridized carbons (Fsp3) is 0.227. The van der Waals surface area contributed by atoms with E-state index < -0.39 is 39.9 Å². The molecular weight excluding hydrogens is 510 g/mol. The number of halogens is 5. The second kappa shape index (κ2) is 11.1. The first-order valence-corrected chi connectivity index (χ1v) is 10.4. The molecule has 2 aromatic carbocycles. The highest BCUT2D eigenvalue weighted by Gasteiger charge is 2.37. The van der Waals surface area contributed by atoms with E-state index in [1.54, 1.807) is 0 Å². The molecule has 0 aliphatic heterocycles. The highest BCUT2D eigenvalue weighted by Crippen LogP contribution is 2.41. The number of carbonyl (C=O) groups is 2. The highest BCUT2D eigenvalue weighted by atomic mass is 35.5. The molecule has 2 amide bonds. The number of imide groups is 1. The van der Waals surface area contributed by atoms with Crippen LogP contribution in [0.2, 0.25) is 10.0 Å². The first-order valence-electron chi connectivity index (χ1n) is 9.67. The number of alkyl carbamates (subject to hydrolysis) is 1. The summed E-state index contributed by atoms with van der Waals surface area (Å²) in [5.41, 5.74) is -0.568. The monoisotopic (exact) mass is 525 g/mol. The van der Waals surface area contributed by atoms with Gasteiger partial charge in [-0.3, -0.25) is 15.5 Å². The van der Waals surface area contributed by atoms with Gasteiger partial charge < -0.3 is 4.74 Å². The van der Waals surface area contributed by atoms with Crippen molar-refractivity contribution in [2.45, 2.75) is 25.4 Å². The maximum atomic E-state index is 13.3. The van der Waals surface area contributed by atoms with Crippen molar-refractivity contribution >= 4 is 46.6 Å². The van der Waals surface area contributed by atoms with Crippen LogP contribution in [0, 0.1) is 22.7 Å². The van der Waals surface area contributed by atoms with Crippen LogP contribution in [-0.2, 0) is 21.1 Å². The molecule has 0 saturated carbocycles. The van der Waals surface area contributed by atoms with E-state index in [9.17, 15) is 28.0 Å². The van der Waals surface area contributed by atoms with Crippen LogP contribution in [0.3, 0.4) is 0 Å². The molecule has 0 heterocycles. The van der Waals surface area contributed by atoms with Crippen LogP contribution in [0.4, 0.5) is 23.7 Å². The summed E-state index contributed by atoms with van der Waals surface area (Å²) >= 11 is 12.0. The van der Waals surface area contributed by atoms with E-state index in [0.29, 0.717) is 0 Å². The number of hydrogen-bond acceptors (Lipinski definition) is 7. The lowest BCUT2D eigenvalue weighted by Gasteiger charge is -2.25. The summed E-state index contributed by atoms with van der Waals surface area (Å²) in [6.45, 7) is 2.94. The van der Waals surface area contributed by atoms with Gasteiger partial charge in [-0.2, -0.15) is 28.8 Å². The summed E-state index contributed by atoms with van der Waals surface area (Å²) in [5, 5.41) is 23.8. The summed E-state index contributed by atoms with van der Waals surface area (Å²) in [6.07, 6.45) is -5.78. The van der Waals surface area contributed by atoms with E-state index in [2.05, 4.69) is 15.3 Å². The second-order valence-electron chi connectivity index (χ2n) is 6.98. The van der Waals surface area contributed by atoms with Gasteiger partial charge in [0.25, 0.3) is 5.91 Å². The van der Waals surface area contributed by atoms with Gasteiger partial charge in [0.2, 0.25) is 5.71 Å². The summed E-state index contributed by atoms with van der Waals surface area (Å²) in [6, 6.07) is 10.7. The smallest absolute Gasteiger partial charge is 0.417 e. The Hall–Kier alpha value is -3.80. The van der Waals surface area contributed by atoms with Gasteiger partial charge >= 0.3 is 12.3 Å². The number of alkyl halides is 3. The Kier molecular flexibility index (Phi) is 8.69. The molecule has 0 spiro atoms. The third kappa shape index (κ3) is 6.41. The number of nitrogens with zero attached hydrogens (tertiary/aromatic N) is 3. The summed E-state index contributed by atoms with van der Waals surface area (Å²) in [5.74, 6) is -1.11. The number of carbonyl (C=O) groups excluding carboxylic acids is 2. The lowest BCUT2D eigenvalue weighted by molar-refractivity contribution is -0.137. The number of anilines is 1. The minimum absolute atomic E-state index is 0.00718. The normalized spacial score (nSPS) is 13.1. The first kappa shape index (κ1) is 27.4. The number of amides is 2. The maximum absolute atomic E-state index is 13.3. The van der Waals surface area contributed by atoms with E-state index in [4.69, 9.17) is 28.5 Å². The van der Waals surface area contributed by atoms with Crippen LogP contribution >= 0.6 is 23.2 Å². The van der Waals surface area contributed by atoms with Crippen molar-refractivity contribution in [1.82, 2.24) is 5.32 Å². The number of nitriles is 2. The number of rotatable bonds is 6. The molecule has 2 rings (SSSR count). The molecule has 13 heteroatoms. The molecule has 8 nitrogen and oxygen atoms in total. The van der Waals surface area contributed by atoms with Gasteiger partial charge in [-0.15, -0.1) is 0 Å². The minimum Gasteiger partial charge on any atom is -0.450 e. The van der Waals surface area contributed by atoms with Gasteiger partial charge in [0.1, 0.15) is 11.5 Å². The lowest BCUT2D eigenvalue weighted by Crippen LogP contribution is -2.36. The predicted molar refractivity (Wildman–Crippen MR) is 122 cm³/mol. The molecule has 2 aromatic rings. The Morgan fingerprint density at radius 2 is 1.77 bits per heavy atom. The molecule has 0 aliphatic carbocycles. The van der Waals surface area contributed by atoms with E-state index in [-0.39, 0.29) is 28.4 Å². The molecule has 0 aliphatic rings. The van der Waals surface area contributed by atoms with Gasteiger partial charge in [-0.25, -0.2) is 4.79 Å². The molecule has 0 fully saturated rings. The van der Waals surface area contributed by atoms with Crippen LogP contribution in [0.15, 0.2) is 41.5 Å². The number of benzene rings is 2. The fourth-order valence-corrected chi connectivity index (χ4v) is 3.48. The Morgan fingerprint density at radius 1 is 1.09 bits per heavy atom. The first-order chi connectivity index (χ1) is 16.4. The zero-order valence-corrected chi connectivity index (χ0v) is 19.6. The van der Waals surface area contributed by atoms with Crippen molar-refractivity contribution in [2.24, 2.45) is 5.10 Å². The summed E-state index contributed by atoms with van der Waals surface area (Å²) < 4.78 is 44.5. The van der Waals surface area contributed by atoms with Crippen molar-refractivity contribution in [3.05, 3.63) is 63.1 Å². The van der Waals surface area contributed by atoms with Gasteiger partial charge in [0.15, 0.2) is 0 Å². The molecule has 182 valence electrons. The molecule has 1 unspecified atom stereocenters. The van der Waals surface area contributed by atoms with E-state index in [1.807, 2.05) is 11.4 Å². The largest absolute Gasteiger partial charge is 0.450 e. The zero-order valence-electron chi connectivity index (χ0n) is 18.1. The molecule has 1 atom stereocenters. The van der Waals surface area contributed by atoms with Crippen LogP contribution in [0.25, 0.3) is 0 Å². The van der Waals surface area contributed by atoms with Crippen molar-refractivity contribution in [3.63, 3.8) is 0 Å². The third-order valence-corrected chi connectivity index (χ3v) is 5.33. The predicted octanol–water partition coefficient (Wildman–Crippen LogP) is 5.41. The molecule has 0 aromatic heterocycles. The van der Waals surface area contributed by atoms with Crippen molar-refractivity contribution in [3.8, 4) is 12.1 Å². The van der Waals surface area contributed by atoms with E-state index in [0.717, 1.165) is 12.1 Å². The van der Waals surface area contributed by atoms with Crippen LogP contribution < -0.4 is 10.7 Å². The van der Waals surface area contributed by atoms with Crippen LogP contribution in [-0.4, -0.2) is 24.3 Å². The SMILES string of the molecule is CCOC(=O)NC(=O)/C(C#N)=N/Nc1ccc(C(C)(C#N)c2ccc(Cl)c(C(F)(F)F)c2)c(Cl)c1. The van der Waals surface area contributed by atoms with Gasteiger partial charge in [-0.1, -0.05) is 35.3 Å². The summed E-state index contributed by atoms with van der Waals surface area (Å²) in [4.78, 5) is 23.2. The Morgan fingerprint density at radius 3 is 2.31 bits per heavy atom. The Bertz CT molecular complexity index is 1270. The Labute approximate surface area is 207 Å². The number of nitrogens with one attached hydrogen (secondary N) is 2. The number of ether oxygens (including phenoxy) is 1. The fourth-order valence-electron chi connectivity index (χ4n) is 2.89. The standard InChI is InChI=1S/C22H16Cl2F3N5O3/c1-3-35-20(34)30-19(33)18(10-28)32-31-13-5-6-14(17(24)9-13)21(2,11-29)12-4-7-16(23)15(8-12)22(25,26)27/h4-9,31H,3H2,1-2H3,(H,30,33,34)/b32-18+. The zero-order chi connectivity index (χ0) is 26.4. The maximum Gasteiger partial charge on any atom is 0.417 e. The number of hydrazone groups is 1. The minimum atomic E-state index is -4.73. The third-order valence-electron chi connectivity index (χ3n) is 4.69. The van der Waals surface area contributed by atoms with Crippen molar-refractivity contribution in [2.75, 3.05) is 12.0 Å². The summed E-state index contributed by atoms with van der Waals surface area (Å²) in [7, 11) is 0. The molecule has 0 saturated heterocycles. The molecule has 35 heavy (non-hydrogen) atoms. The Balaban J connectivity index is 2.36. The van der Waals surface area contributed by atoms with Crippen LogP contribution in [0.5, 0.6) is 0 Å². The average Bonchev–Trinajstić information content (AvgIpc) is 2.78. The van der Waals surface area contributed by atoms with Crippen molar-refractivity contribution < 1.29 is 27.5 Å². The molecular formula is C22H16Cl2F3N5O3. The molecule has 0 bridgehead atoms.